The summed E-state index contributed by atoms with van der Waals surface area (Å²) in [5.41, 5.74) is 7.61. The van der Waals surface area contributed by atoms with Crippen LogP contribution >= 0.6 is 12.2 Å². The van der Waals surface area contributed by atoms with Crippen molar-refractivity contribution in [1.29, 1.82) is 0 Å². The van der Waals surface area contributed by atoms with E-state index in [1.165, 1.54) is 19.2 Å². The Morgan fingerprint density at radius 3 is 2.29 bits per heavy atom. The highest BCUT2D eigenvalue weighted by Crippen LogP contribution is 2.37. The van der Waals surface area contributed by atoms with Crippen molar-refractivity contribution in [2.45, 2.75) is 26.1 Å². The highest BCUT2D eigenvalue weighted by molar-refractivity contribution is 7.80. The molecule has 41 heavy (non-hydrogen) atoms. The Morgan fingerprint density at radius 2 is 1.68 bits per heavy atom. The summed E-state index contributed by atoms with van der Waals surface area (Å²) in [5.74, 6) is 0.0514. The van der Waals surface area contributed by atoms with Crippen LogP contribution < -0.4 is 10.5 Å². The maximum absolute atomic E-state index is 13.6. The molecule has 2 N–H and O–H groups in total. The number of nitrogens with two attached hydrogens (primary N) is 1. The lowest BCUT2D eigenvalue weighted by atomic mass is 10.1. The van der Waals surface area contributed by atoms with E-state index in [9.17, 15) is 18.0 Å². The van der Waals surface area contributed by atoms with Gasteiger partial charge in [-0.3, -0.25) is 4.79 Å². The molecular weight excluding hydrogens is 555 g/mol. The minimum atomic E-state index is -4.63. The fourth-order valence-corrected chi connectivity index (χ4v) is 5.07. The maximum atomic E-state index is 13.6. The molecule has 1 aliphatic heterocycles. The van der Waals surface area contributed by atoms with Gasteiger partial charge < -0.3 is 24.7 Å². The summed E-state index contributed by atoms with van der Waals surface area (Å²) in [6.45, 7) is 5.62. The highest BCUT2D eigenvalue weighted by Gasteiger charge is 2.34. The van der Waals surface area contributed by atoms with E-state index in [0.717, 1.165) is 22.2 Å². The molecule has 5 rings (SSSR count). The van der Waals surface area contributed by atoms with Gasteiger partial charge in [0.1, 0.15) is 21.9 Å². The number of aromatic nitrogens is 2. The van der Waals surface area contributed by atoms with Gasteiger partial charge in [-0.15, -0.1) is 0 Å². The average Bonchev–Trinajstić information content (AvgIpc) is 3.41. The molecule has 0 aliphatic carbocycles. The quantitative estimate of drug-likeness (QED) is 0.313. The Kier molecular flexibility index (Phi) is 7.71. The molecule has 2 aromatic carbocycles. The fraction of sp³-hybridized carbons (Fsp3) is 0.310. The van der Waals surface area contributed by atoms with E-state index >= 15 is 0 Å². The van der Waals surface area contributed by atoms with Crippen molar-refractivity contribution in [2.75, 3.05) is 33.3 Å². The molecule has 1 fully saturated rings. The third-order valence-electron chi connectivity index (χ3n) is 6.98. The average molecular weight is 584 g/mol. The van der Waals surface area contributed by atoms with Gasteiger partial charge in [-0.1, -0.05) is 42.0 Å². The largest absolute Gasteiger partial charge is 0.494 e. The van der Waals surface area contributed by atoms with Crippen molar-refractivity contribution in [1.82, 2.24) is 19.8 Å². The third-order valence-corrected chi connectivity index (χ3v) is 7.48. The number of carbonyl (C=O) groups excluding carboxylic acids is 1. The zero-order chi connectivity index (χ0) is 29.5. The van der Waals surface area contributed by atoms with Crippen LogP contribution in [0.3, 0.4) is 0 Å². The smallest absolute Gasteiger partial charge is 0.433 e. The Labute approximate surface area is 239 Å². The van der Waals surface area contributed by atoms with Gasteiger partial charge in [0.2, 0.25) is 5.89 Å². The molecule has 12 heteroatoms. The van der Waals surface area contributed by atoms with Gasteiger partial charge in [-0.2, -0.15) is 13.2 Å². The number of benzene rings is 2. The lowest BCUT2D eigenvalue weighted by Crippen LogP contribution is -2.50. The molecule has 214 valence electrons. The van der Waals surface area contributed by atoms with Crippen molar-refractivity contribution >= 4 is 34.0 Å². The van der Waals surface area contributed by atoms with Gasteiger partial charge >= 0.3 is 6.18 Å². The molecule has 1 atom stereocenters. The first kappa shape index (κ1) is 28.5. The van der Waals surface area contributed by atoms with Crippen LogP contribution in [0.25, 0.3) is 22.4 Å². The second kappa shape index (κ2) is 11.1. The number of halogens is 3. The van der Waals surface area contributed by atoms with E-state index in [2.05, 4.69) is 14.9 Å². The van der Waals surface area contributed by atoms with Crippen molar-refractivity contribution < 1.29 is 27.1 Å². The lowest BCUT2D eigenvalue weighted by Gasteiger charge is -2.36. The molecular formula is C29H28F3N5O3S. The first-order valence-electron chi connectivity index (χ1n) is 12.9. The number of nitrogens with zero attached hydrogens (tertiary/aromatic N) is 4. The molecule has 8 nitrogen and oxygen atoms in total. The fourth-order valence-electron chi connectivity index (χ4n) is 4.75. The topological polar surface area (TPSA) is 97.7 Å². The summed E-state index contributed by atoms with van der Waals surface area (Å²) in [6.07, 6.45) is -4.63. The summed E-state index contributed by atoms with van der Waals surface area (Å²) in [7, 11) is 1.35. The summed E-state index contributed by atoms with van der Waals surface area (Å²) >= 11 is 5.68. The number of amides is 1. The van der Waals surface area contributed by atoms with Crippen molar-refractivity contribution in [3.8, 4) is 17.2 Å². The minimum absolute atomic E-state index is 0.00563. The summed E-state index contributed by atoms with van der Waals surface area (Å²) in [6, 6.07) is 12.6. The molecule has 0 unspecified atom stereocenters. The van der Waals surface area contributed by atoms with Crippen LogP contribution in [-0.2, 0) is 6.18 Å². The number of pyridine rings is 1. The van der Waals surface area contributed by atoms with Crippen LogP contribution in [0.15, 0.2) is 52.9 Å². The Morgan fingerprint density at radius 1 is 1.02 bits per heavy atom. The predicted octanol–water partition coefficient (Wildman–Crippen LogP) is 5.38. The van der Waals surface area contributed by atoms with Crippen LogP contribution in [0.4, 0.5) is 13.2 Å². The first-order chi connectivity index (χ1) is 19.5. The first-order valence-corrected chi connectivity index (χ1v) is 13.4. The van der Waals surface area contributed by atoms with Crippen LogP contribution in [-0.4, -0.2) is 64.0 Å². The number of carbonyl (C=O) groups is 1. The van der Waals surface area contributed by atoms with E-state index in [1.807, 2.05) is 31.2 Å². The van der Waals surface area contributed by atoms with Crippen LogP contribution in [0, 0.1) is 6.92 Å². The lowest BCUT2D eigenvalue weighted by molar-refractivity contribution is -0.140. The number of methoxy groups -OCH3 is 1. The molecule has 2 aromatic heterocycles. The van der Waals surface area contributed by atoms with E-state index < -0.39 is 17.9 Å². The second-order valence-corrected chi connectivity index (χ2v) is 10.3. The number of aryl methyl sites for hydroxylation is 1. The number of hydrogen-bond donors (Lipinski definition) is 1. The Hall–Kier alpha value is -4.03. The predicted molar refractivity (Wildman–Crippen MR) is 152 cm³/mol. The number of ether oxygens (including phenoxy) is 1. The van der Waals surface area contributed by atoms with Crippen molar-refractivity contribution in [3.63, 3.8) is 0 Å². The maximum Gasteiger partial charge on any atom is 0.433 e. The standard InChI is InChI=1S/C29H28F3N5O3S/c1-16-4-6-18(7-5-16)28(41)37-14-12-36(13-15-37)27(38)24-25(17(2)33)40-26(35-24)20-8-10-21(39-3)23-19(20)9-11-22(34-23)29(30,31)32/h4-11,17H,12-15,33H2,1-3H3/t17-/m1/s1. The van der Waals surface area contributed by atoms with Crippen molar-refractivity contribution in [3.05, 3.63) is 76.8 Å². The number of oxazole rings is 1. The number of alkyl halides is 3. The monoisotopic (exact) mass is 583 g/mol. The molecule has 1 amide bonds. The molecule has 1 saturated heterocycles. The Bertz CT molecular complexity index is 1610. The third kappa shape index (κ3) is 5.62. The number of hydrogen-bond acceptors (Lipinski definition) is 7. The molecule has 1 aliphatic rings. The molecule has 0 saturated carbocycles. The summed E-state index contributed by atoms with van der Waals surface area (Å²) in [4.78, 5) is 26.4. The second-order valence-electron chi connectivity index (χ2n) is 9.88. The highest BCUT2D eigenvalue weighted by atomic mass is 32.1. The summed E-state index contributed by atoms with van der Waals surface area (Å²) in [5, 5.41) is 0.326. The van der Waals surface area contributed by atoms with E-state index in [0.29, 0.717) is 37.1 Å². The number of thiocarbonyl (C=S) groups is 1. The zero-order valence-corrected chi connectivity index (χ0v) is 23.5. The van der Waals surface area contributed by atoms with Crippen molar-refractivity contribution in [2.24, 2.45) is 5.73 Å². The summed E-state index contributed by atoms with van der Waals surface area (Å²) < 4.78 is 51.3. The minimum Gasteiger partial charge on any atom is -0.494 e. The van der Waals surface area contributed by atoms with Gasteiger partial charge in [-0.05, 0) is 38.1 Å². The molecule has 3 heterocycles. The molecule has 0 bridgehead atoms. The van der Waals surface area contributed by atoms with Gasteiger partial charge in [0, 0.05) is 42.7 Å². The van der Waals surface area contributed by atoms with Crippen LogP contribution in [0.2, 0.25) is 0 Å². The zero-order valence-electron chi connectivity index (χ0n) is 22.7. The van der Waals surface area contributed by atoms with E-state index in [4.69, 9.17) is 27.1 Å². The van der Waals surface area contributed by atoms with Crippen LogP contribution in [0.1, 0.15) is 46.0 Å². The van der Waals surface area contributed by atoms with Gasteiger partial charge in [0.25, 0.3) is 5.91 Å². The van der Waals surface area contributed by atoms with Crippen LogP contribution in [0.5, 0.6) is 5.75 Å². The SMILES string of the molecule is COc1ccc(-c2nc(C(=O)N3CCN(C(=S)c4ccc(C)cc4)CC3)c([C@@H](C)N)o2)c2ccc(C(F)(F)F)nc12. The number of fused-ring (bicyclic) bond motifs is 1. The van der Waals surface area contributed by atoms with E-state index in [1.54, 1.807) is 17.9 Å². The molecule has 0 radical (unpaired) electrons. The normalized spacial score (nSPS) is 14.8. The number of piperazine rings is 1. The van der Waals surface area contributed by atoms with E-state index in [-0.39, 0.29) is 34.5 Å². The molecule has 4 aromatic rings. The Balaban J connectivity index is 1.42. The van der Waals surface area contributed by atoms with Gasteiger partial charge in [0.15, 0.2) is 11.5 Å². The number of rotatable bonds is 5. The van der Waals surface area contributed by atoms with Gasteiger partial charge in [0.05, 0.1) is 13.2 Å². The molecule has 0 spiro atoms. The van der Waals surface area contributed by atoms with Gasteiger partial charge in [-0.25, -0.2) is 9.97 Å².